The molecule has 0 radical (unpaired) electrons. The van der Waals surface area contributed by atoms with Crippen molar-refractivity contribution in [3.05, 3.63) is 30.1 Å². The van der Waals surface area contributed by atoms with Crippen LogP contribution in [0.5, 0.6) is 0 Å². The van der Waals surface area contributed by atoms with E-state index in [1.165, 1.54) is 24.4 Å². The van der Waals surface area contributed by atoms with E-state index in [2.05, 4.69) is 52.7 Å². The maximum atomic E-state index is 5.82. The molecule has 120 valence electrons. The first-order valence-corrected chi connectivity index (χ1v) is 12.0. The van der Waals surface area contributed by atoms with Gasteiger partial charge in [0.1, 0.15) is 6.73 Å². The van der Waals surface area contributed by atoms with Crippen molar-refractivity contribution in [2.45, 2.75) is 57.8 Å². The number of benzene rings is 1. The molecule has 1 aliphatic carbocycles. The van der Waals surface area contributed by atoms with Gasteiger partial charge in [0.2, 0.25) is 0 Å². The first-order chi connectivity index (χ1) is 10.5. The lowest BCUT2D eigenvalue weighted by Crippen LogP contribution is -2.21. The smallest absolute Gasteiger partial charge is 0.124 e. The molecule has 1 aromatic heterocycles. The molecule has 0 atom stereocenters. The van der Waals surface area contributed by atoms with E-state index in [1.807, 2.05) is 6.33 Å². The molecule has 0 unspecified atom stereocenters. The Hall–Kier alpha value is -1.17. The Morgan fingerprint density at radius 3 is 2.86 bits per heavy atom. The Kier molecular flexibility index (Phi) is 4.66. The van der Waals surface area contributed by atoms with Crippen molar-refractivity contribution in [1.29, 1.82) is 0 Å². The number of rotatable bonds is 8. The number of hydrogen-bond donors (Lipinski definition) is 1. The van der Waals surface area contributed by atoms with Crippen LogP contribution in [0.2, 0.25) is 25.7 Å². The summed E-state index contributed by atoms with van der Waals surface area (Å²) in [5, 5.41) is 3.54. The standard InChI is InChI=1S/C17H27N3OSi/c1-22(2,3)9-8-21-13-20-12-19-16-10-14(4-7-17(16)20)11-18-15-5-6-15/h4,7,10,12,15,18H,5-6,8-9,11,13H2,1-3H3. The fraction of sp³-hybridized carbons (Fsp3) is 0.588. The summed E-state index contributed by atoms with van der Waals surface area (Å²) in [6.07, 6.45) is 4.54. The number of aromatic nitrogens is 2. The fourth-order valence-electron chi connectivity index (χ4n) is 2.41. The Labute approximate surface area is 133 Å². The second-order valence-corrected chi connectivity index (χ2v) is 13.2. The first kappa shape index (κ1) is 15.7. The summed E-state index contributed by atoms with van der Waals surface area (Å²) in [5.74, 6) is 0. The molecule has 1 N–H and O–H groups in total. The predicted molar refractivity (Wildman–Crippen MR) is 93.7 cm³/mol. The summed E-state index contributed by atoms with van der Waals surface area (Å²) >= 11 is 0. The minimum absolute atomic E-state index is 0.598. The van der Waals surface area contributed by atoms with Gasteiger partial charge in [-0.3, -0.25) is 0 Å². The maximum Gasteiger partial charge on any atom is 0.124 e. The number of ether oxygens (including phenoxy) is 1. The lowest BCUT2D eigenvalue weighted by atomic mass is 10.2. The summed E-state index contributed by atoms with van der Waals surface area (Å²) < 4.78 is 7.92. The summed E-state index contributed by atoms with van der Waals surface area (Å²) in [4.78, 5) is 4.51. The van der Waals surface area contributed by atoms with Gasteiger partial charge in [-0.1, -0.05) is 25.7 Å². The van der Waals surface area contributed by atoms with Crippen LogP contribution in [0.4, 0.5) is 0 Å². The Morgan fingerprint density at radius 1 is 1.32 bits per heavy atom. The molecule has 0 amide bonds. The van der Waals surface area contributed by atoms with Crippen molar-refractivity contribution in [3.63, 3.8) is 0 Å². The molecule has 1 heterocycles. The van der Waals surface area contributed by atoms with Crippen LogP contribution in [0.3, 0.4) is 0 Å². The van der Waals surface area contributed by atoms with Gasteiger partial charge in [0.05, 0.1) is 17.4 Å². The summed E-state index contributed by atoms with van der Waals surface area (Å²) in [5.41, 5.74) is 3.52. The SMILES string of the molecule is C[Si](C)(C)CCOCn1cnc2cc(CNC3CC3)ccc21. The van der Waals surface area contributed by atoms with Crippen LogP contribution >= 0.6 is 0 Å². The molecule has 4 nitrogen and oxygen atoms in total. The molecule has 0 spiro atoms. The second-order valence-electron chi connectivity index (χ2n) is 7.54. The lowest BCUT2D eigenvalue weighted by Gasteiger charge is -2.15. The average molecular weight is 318 g/mol. The highest BCUT2D eigenvalue weighted by molar-refractivity contribution is 6.76. The van der Waals surface area contributed by atoms with E-state index < -0.39 is 8.07 Å². The first-order valence-electron chi connectivity index (χ1n) is 8.26. The van der Waals surface area contributed by atoms with Gasteiger partial charge in [-0.05, 0) is 36.6 Å². The van der Waals surface area contributed by atoms with E-state index in [1.54, 1.807) is 0 Å². The molecule has 22 heavy (non-hydrogen) atoms. The third-order valence-corrected chi connectivity index (χ3v) is 5.79. The van der Waals surface area contributed by atoms with E-state index in [0.717, 1.165) is 30.2 Å². The number of hydrogen-bond acceptors (Lipinski definition) is 3. The molecule has 1 fully saturated rings. The molecule has 1 aromatic carbocycles. The number of nitrogens with zero attached hydrogens (tertiary/aromatic N) is 2. The van der Waals surface area contributed by atoms with Gasteiger partial charge in [0.25, 0.3) is 0 Å². The van der Waals surface area contributed by atoms with Crippen molar-refractivity contribution < 1.29 is 4.74 Å². The van der Waals surface area contributed by atoms with Crippen LogP contribution < -0.4 is 5.32 Å². The zero-order chi connectivity index (χ0) is 15.6. The molecule has 0 aliphatic heterocycles. The van der Waals surface area contributed by atoms with Crippen molar-refractivity contribution in [2.75, 3.05) is 6.61 Å². The highest BCUT2D eigenvalue weighted by atomic mass is 28.3. The van der Waals surface area contributed by atoms with E-state index in [9.17, 15) is 0 Å². The molecule has 5 heteroatoms. The number of nitrogens with one attached hydrogen (secondary N) is 1. The third-order valence-electron chi connectivity index (χ3n) is 4.08. The normalized spacial score (nSPS) is 15.6. The van der Waals surface area contributed by atoms with Gasteiger partial charge >= 0.3 is 0 Å². The van der Waals surface area contributed by atoms with E-state index in [-0.39, 0.29) is 0 Å². The van der Waals surface area contributed by atoms with Crippen LogP contribution in [0.25, 0.3) is 11.0 Å². The predicted octanol–water partition coefficient (Wildman–Crippen LogP) is 3.60. The van der Waals surface area contributed by atoms with E-state index >= 15 is 0 Å². The summed E-state index contributed by atoms with van der Waals surface area (Å²) in [6.45, 7) is 9.51. The molecule has 1 aliphatic rings. The Balaban J connectivity index is 1.57. The number of imidazole rings is 1. The molecular formula is C17H27N3OSi. The van der Waals surface area contributed by atoms with Crippen molar-refractivity contribution in [1.82, 2.24) is 14.9 Å². The van der Waals surface area contributed by atoms with Crippen LogP contribution in [0, 0.1) is 0 Å². The van der Waals surface area contributed by atoms with Crippen molar-refractivity contribution in [3.8, 4) is 0 Å². The highest BCUT2D eigenvalue weighted by Gasteiger charge is 2.20. The molecule has 0 saturated heterocycles. The zero-order valence-corrected chi connectivity index (χ0v) is 14.9. The zero-order valence-electron chi connectivity index (χ0n) is 13.9. The minimum atomic E-state index is -1.01. The quantitative estimate of drug-likeness (QED) is 0.597. The van der Waals surface area contributed by atoms with Crippen LogP contribution in [-0.4, -0.2) is 30.3 Å². The van der Waals surface area contributed by atoms with Gasteiger partial charge in [0.15, 0.2) is 0 Å². The fourth-order valence-corrected chi connectivity index (χ4v) is 3.17. The van der Waals surface area contributed by atoms with Gasteiger partial charge in [-0.15, -0.1) is 0 Å². The summed E-state index contributed by atoms with van der Waals surface area (Å²) in [7, 11) is -1.01. The Morgan fingerprint density at radius 2 is 2.14 bits per heavy atom. The monoisotopic (exact) mass is 317 g/mol. The molecule has 3 rings (SSSR count). The molecule has 2 aromatic rings. The summed E-state index contributed by atoms with van der Waals surface area (Å²) in [6, 6.07) is 8.49. The third kappa shape index (κ3) is 4.41. The maximum absolute atomic E-state index is 5.82. The van der Waals surface area contributed by atoms with Crippen LogP contribution in [-0.2, 0) is 18.0 Å². The second kappa shape index (κ2) is 6.52. The van der Waals surface area contributed by atoms with E-state index in [0.29, 0.717) is 6.73 Å². The van der Waals surface area contributed by atoms with Crippen molar-refractivity contribution in [2.24, 2.45) is 0 Å². The largest absolute Gasteiger partial charge is 0.361 e. The van der Waals surface area contributed by atoms with Crippen LogP contribution in [0.15, 0.2) is 24.5 Å². The van der Waals surface area contributed by atoms with E-state index in [4.69, 9.17) is 4.74 Å². The van der Waals surface area contributed by atoms with Gasteiger partial charge < -0.3 is 14.6 Å². The van der Waals surface area contributed by atoms with Gasteiger partial charge in [-0.2, -0.15) is 0 Å². The lowest BCUT2D eigenvalue weighted by molar-refractivity contribution is 0.0898. The molecule has 1 saturated carbocycles. The van der Waals surface area contributed by atoms with Gasteiger partial charge in [0, 0.05) is 27.3 Å². The van der Waals surface area contributed by atoms with Gasteiger partial charge in [-0.25, -0.2) is 4.98 Å². The highest BCUT2D eigenvalue weighted by Crippen LogP contribution is 2.20. The Bertz CT molecular complexity index is 628. The van der Waals surface area contributed by atoms with Crippen molar-refractivity contribution >= 4 is 19.1 Å². The molecular weight excluding hydrogens is 290 g/mol. The van der Waals surface area contributed by atoms with Crippen LogP contribution in [0.1, 0.15) is 18.4 Å². The average Bonchev–Trinajstić information content (AvgIpc) is 3.21. The molecule has 0 bridgehead atoms. The number of fused-ring (bicyclic) bond motifs is 1. The topological polar surface area (TPSA) is 39.1 Å². The minimum Gasteiger partial charge on any atom is -0.361 e.